The van der Waals surface area contributed by atoms with E-state index in [4.69, 9.17) is 33.7 Å². The number of hydrogen-bond donors (Lipinski definition) is 1. The number of amides is 1. The van der Waals surface area contributed by atoms with Crippen molar-refractivity contribution in [2.24, 2.45) is 5.73 Å². The molecule has 1 aromatic heterocycles. The van der Waals surface area contributed by atoms with Gasteiger partial charge in [-0.3, -0.25) is 14.9 Å². The molecule has 1 amide bonds. The largest absolute Gasteiger partial charge is 0.488 e. The van der Waals surface area contributed by atoms with Crippen molar-refractivity contribution in [3.63, 3.8) is 0 Å². The number of benzene rings is 1. The van der Waals surface area contributed by atoms with E-state index in [1.165, 1.54) is 0 Å². The Balaban J connectivity index is 1.76. The van der Waals surface area contributed by atoms with Gasteiger partial charge in [0.2, 0.25) is 0 Å². The molecule has 26 heavy (non-hydrogen) atoms. The highest BCUT2D eigenvalue weighted by molar-refractivity contribution is 6.42. The van der Waals surface area contributed by atoms with Gasteiger partial charge >= 0.3 is 0 Å². The standard InChI is InChI=1S/C16H14Cl2N4O4/c17-13-2-1-10(6-14(13)18)26-11-3-4-21(8-11)16-12(15(19)23)5-9(7-20-16)22(24)25/h1-2,5-7,11H,3-4,8H2,(H2,19,23). The molecule has 1 atom stereocenters. The number of primary amides is 1. The number of carbonyl (C=O) groups is 1. The van der Waals surface area contributed by atoms with Crippen LogP contribution in [0.1, 0.15) is 16.8 Å². The molecule has 2 N–H and O–H groups in total. The maximum Gasteiger partial charge on any atom is 0.288 e. The van der Waals surface area contributed by atoms with Gasteiger partial charge in [0.05, 0.1) is 27.1 Å². The zero-order valence-electron chi connectivity index (χ0n) is 13.4. The third-order valence-electron chi connectivity index (χ3n) is 3.97. The van der Waals surface area contributed by atoms with Gasteiger partial charge in [-0.15, -0.1) is 0 Å². The van der Waals surface area contributed by atoms with Crippen LogP contribution < -0.4 is 15.4 Å². The van der Waals surface area contributed by atoms with Gasteiger partial charge in [-0.25, -0.2) is 4.98 Å². The summed E-state index contributed by atoms with van der Waals surface area (Å²) in [6.45, 7) is 1.02. The minimum absolute atomic E-state index is 0.00869. The van der Waals surface area contributed by atoms with Crippen LogP contribution in [0.4, 0.5) is 11.5 Å². The number of nitrogens with zero attached hydrogens (tertiary/aromatic N) is 3. The zero-order valence-corrected chi connectivity index (χ0v) is 14.9. The number of aromatic nitrogens is 1. The highest BCUT2D eigenvalue weighted by Gasteiger charge is 2.29. The van der Waals surface area contributed by atoms with E-state index >= 15 is 0 Å². The van der Waals surface area contributed by atoms with Crippen molar-refractivity contribution in [2.75, 3.05) is 18.0 Å². The van der Waals surface area contributed by atoms with Crippen molar-refractivity contribution < 1.29 is 14.5 Å². The Morgan fingerprint density at radius 3 is 2.77 bits per heavy atom. The Bertz CT molecular complexity index is 877. The van der Waals surface area contributed by atoms with Gasteiger partial charge in [0.25, 0.3) is 11.6 Å². The third kappa shape index (κ3) is 3.81. The molecule has 0 bridgehead atoms. The van der Waals surface area contributed by atoms with Gasteiger partial charge in [-0.1, -0.05) is 23.2 Å². The topological polar surface area (TPSA) is 112 Å². The Morgan fingerprint density at radius 2 is 2.12 bits per heavy atom. The molecule has 0 saturated carbocycles. The van der Waals surface area contributed by atoms with Crippen molar-refractivity contribution in [3.8, 4) is 5.75 Å². The number of ether oxygens (including phenoxy) is 1. The molecule has 8 nitrogen and oxygen atoms in total. The first kappa shape index (κ1) is 18.2. The van der Waals surface area contributed by atoms with Gasteiger partial charge in [0.15, 0.2) is 0 Å². The highest BCUT2D eigenvalue weighted by Crippen LogP contribution is 2.30. The SMILES string of the molecule is NC(=O)c1cc([N+](=O)[O-])cnc1N1CCC(Oc2ccc(Cl)c(Cl)c2)C1. The molecule has 0 spiro atoms. The van der Waals surface area contributed by atoms with E-state index in [-0.39, 0.29) is 17.4 Å². The van der Waals surface area contributed by atoms with Crippen molar-refractivity contribution in [1.29, 1.82) is 0 Å². The average Bonchev–Trinajstić information content (AvgIpc) is 3.06. The smallest absolute Gasteiger partial charge is 0.288 e. The van der Waals surface area contributed by atoms with E-state index in [1.54, 1.807) is 18.2 Å². The van der Waals surface area contributed by atoms with Gasteiger partial charge in [0, 0.05) is 25.1 Å². The number of anilines is 1. The lowest BCUT2D eigenvalue weighted by Gasteiger charge is -2.20. The second-order valence-electron chi connectivity index (χ2n) is 5.74. The van der Waals surface area contributed by atoms with Crippen LogP contribution in [-0.4, -0.2) is 35.0 Å². The second kappa shape index (κ2) is 7.35. The third-order valence-corrected chi connectivity index (χ3v) is 4.71. The lowest BCUT2D eigenvalue weighted by Crippen LogP contribution is -2.28. The van der Waals surface area contributed by atoms with E-state index in [0.29, 0.717) is 41.1 Å². The summed E-state index contributed by atoms with van der Waals surface area (Å²) in [4.78, 5) is 27.8. The van der Waals surface area contributed by atoms with Crippen molar-refractivity contribution in [2.45, 2.75) is 12.5 Å². The van der Waals surface area contributed by atoms with E-state index in [1.807, 2.05) is 4.90 Å². The number of rotatable bonds is 5. The van der Waals surface area contributed by atoms with Gasteiger partial charge in [-0.05, 0) is 12.1 Å². The molecule has 2 aromatic rings. The predicted octanol–water partition coefficient (Wildman–Crippen LogP) is 3.05. The molecule has 1 aromatic carbocycles. The van der Waals surface area contributed by atoms with Crippen LogP contribution in [0.2, 0.25) is 10.0 Å². The molecule has 136 valence electrons. The fourth-order valence-corrected chi connectivity index (χ4v) is 3.03. The van der Waals surface area contributed by atoms with Crippen LogP contribution in [0.25, 0.3) is 0 Å². The lowest BCUT2D eigenvalue weighted by molar-refractivity contribution is -0.385. The zero-order chi connectivity index (χ0) is 18.8. The Labute approximate surface area is 158 Å². The van der Waals surface area contributed by atoms with Crippen LogP contribution in [0.5, 0.6) is 5.75 Å². The minimum atomic E-state index is -0.773. The summed E-state index contributed by atoms with van der Waals surface area (Å²) >= 11 is 11.9. The summed E-state index contributed by atoms with van der Waals surface area (Å²) in [5, 5.41) is 11.7. The number of nitrogens with two attached hydrogens (primary N) is 1. The van der Waals surface area contributed by atoms with Gasteiger partial charge in [0.1, 0.15) is 23.9 Å². The molecule has 2 heterocycles. The van der Waals surface area contributed by atoms with Crippen LogP contribution in [-0.2, 0) is 0 Å². The number of pyridine rings is 1. The summed E-state index contributed by atoms with van der Waals surface area (Å²) in [6.07, 6.45) is 1.62. The first-order valence-electron chi connectivity index (χ1n) is 7.66. The number of halogens is 2. The Hall–Kier alpha value is -2.58. The van der Waals surface area contributed by atoms with Gasteiger partial charge < -0.3 is 15.4 Å². The molecular weight excluding hydrogens is 383 g/mol. The average molecular weight is 397 g/mol. The summed E-state index contributed by atoms with van der Waals surface area (Å²) < 4.78 is 5.89. The Morgan fingerprint density at radius 1 is 1.35 bits per heavy atom. The number of carbonyl (C=O) groups excluding carboxylic acids is 1. The Kier molecular flexibility index (Phi) is 5.15. The summed E-state index contributed by atoms with van der Waals surface area (Å²) in [5.74, 6) is 0.117. The monoisotopic (exact) mass is 396 g/mol. The molecule has 10 heteroatoms. The van der Waals surface area contributed by atoms with E-state index in [0.717, 1.165) is 12.3 Å². The fraction of sp³-hybridized carbons (Fsp3) is 0.250. The van der Waals surface area contributed by atoms with E-state index in [9.17, 15) is 14.9 Å². The van der Waals surface area contributed by atoms with Crippen LogP contribution in [0, 0.1) is 10.1 Å². The van der Waals surface area contributed by atoms with Crippen molar-refractivity contribution >= 4 is 40.6 Å². The molecule has 0 radical (unpaired) electrons. The van der Waals surface area contributed by atoms with Crippen molar-refractivity contribution in [3.05, 3.63) is 56.2 Å². The van der Waals surface area contributed by atoms with Crippen molar-refractivity contribution in [1.82, 2.24) is 4.98 Å². The lowest BCUT2D eigenvalue weighted by atomic mass is 10.2. The normalized spacial score (nSPS) is 16.5. The first-order chi connectivity index (χ1) is 12.3. The van der Waals surface area contributed by atoms with Gasteiger partial charge in [-0.2, -0.15) is 0 Å². The fourth-order valence-electron chi connectivity index (χ4n) is 2.74. The molecule has 1 unspecified atom stereocenters. The maximum absolute atomic E-state index is 11.7. The van der Waals surface area contributed by atoms with Crippen LogP contribution in [0.15, 0.2) is 30.5 Å². The minimum Gasteiger partial charge on any atom is -0.488 e. The second-order valence-corrected chi connectivity index (χ2v) is 6.55. The summed E-state index contributed by atoms with van der Waals surface area (Å²) in [5.41, 5.74) is 5.08. The quantitative estimate of drug-likeness (QED) is 0.613. The molecule has 0 aliphatic carbocycles. The molecule has 1 aliphatic rings. The summed E-state index contributed by atoms with van der Waals surface area (Å²) in [7, 11) is 0. The maximum atomic E-state index is 11.7. The molecular formula is C16H14Cl2N4O4. The summed E-state index contributed by atoms with van der Waals surface area (Å²) in [6, 6.07) is 6.13. The highest BCUT2D eigenvalue weighted by atomic mass is 35.5. The van der Waals surface area contributed by atoms with E-state index < -0.39 is 10.8 Å². The van der Waals surface area contributed by atoms with Crippen LogP contribution in [0.3, 0.4) is 0 Å². The van der Waals surface area contributed by atoms with E-state index in [2.05, 4.69) is 4.98 Å². The number of nitro groups is 1. The first-order valence-corrected chi connectivity index (χ1v) is 8.41. The molecule has 1 fully saturated rings. The molecule has 3 rings (SSSR count). The molecule has 1 aliphatic heterocycles. The predicted molar refractivity (Wildman–Crippen MR) is 97.1 cm³/mol. The number of hydrogen-bond acceptors (Lipinski definition) is 6. The molecule has 1 saturated heterocycles. The van der Waals surface area contributed by atoms with Crippen LogP contribution >= 0.6 is 23.2 Å².